The zero-order chi connectivity index (χ0) is 15.5. The second-order valence-electron chi connectivity index (χ2n) is 5.23. The highest BCUT2D eigenvalue weighted by Crippen LogP contribution is 2.21. The van der Waals surface area contributed by atoms with E-state index in [9.17, 15) is 4.79 Å². The summed E-state index contributed by atoms with van der Waals surface area (Å²) in [6, 6.07) is 7.70. The van der Waals surface area contributed by atoms with Gasteiger partial charge in [0.1, 0.15) is 0 Å². The maximum Gasteiger partial charge on any atom is 0.262 e. The van der Waals surface area contributed by atoms with Crippen molar-refractivity contribution >= 4 is 28.4 Å². The molecule has 0 amide bonds. The molecule has 0 saturated carbocycles. The Bertz CT molecular complexity index is 852. The van der Waals surface area contributed by atoms with Crippen LogP contribution in [0.5, 0.6) is 0 Å². The van der Waals surface area contributed by atoms with Gasteiger partial charge in [-0.15, -0.1) is 10.2 Å². The van der Waals surface area contributed by atoms with E-state index < -0.39 is 0 Å². The molecular weight excluding hydrogens is 296 g/mol. The van der Waals surface area contributed by atoms with Crippen molar-refractivity contribution in [2.24, 2.45) is 0 Å². The van der Waals surface area contributed by atoms with Crippen LogP contribution in [0.25, 0.3) is 16.7 Å². The van der Waals surface area contributed by atoms with Crippen molar-refractivity contribution in [3.63, 3.8) is 0 Å². The predicted molar refractivity (Wildman–Crippen MR) is 90.7 cm³/mol. The fraction of sp³-hybridized carbons (Fsp3) is 0.438. The van der Waals surface area contributed by atoms with E-state index in [1.165, 1.54) is 0 Å². The van der Waals surface area contributed by atoms with Crippen molar-refractivity contribution in [3.8, 4) is 0 Å². The summed E-state index contributed by atoms with van der Waals surface area (Å²) in [5.74, 6) is 1.57. The van der Waals surface area contributed by atoms with Gasteiger partial charge in [-0.3, -0.25) is 13.8 Å². The molecule has 6 heteroatoms. The number of aromatic nitrogens is 4. The molecule has 0 saturated heterocycles. The van der Waals surface area contributed by atoms with Crippen LogP contribution >= 0.6 is 11.8 Å². The Morgan fingerprint density at radius 1 is 1.14 bits per heavy atom. The third-order valence-electron chi connectivity index (χ3n) is 3.74. The number of thioether (sulfide) groups is 1. The van der Waals surface area contributed by atoms with E-state index in [2.05, 4.69) is 24.0 Å². The van der Waals surface area contributed by atoms with Gasteiger partial charge >= 0.3 is 0 Å². The highest BCUT2D eigenvalue weighted by Gasteiger charge is 2.15. The van der Waals surface area contributed by atoms with E-state index in [1.807, 2.05) is 28.7 Å². The molecule has 0 unspecified atom stereocenters. The first kappa shape index (κ1) is 15.1. The lowest BCUT2D eigenvalue weighted by molar-refractivity contribution is 0.594. The lowest BCUT2D eigenvalue weighted by atomic mass is 10.2. The van der Waals surface area contributed by atoms with E-state index in [1.54, 1.807) is 16.3 Å². The van der Waals surface area contributed by atoms with Crippen molar-refractivity contribution in [3.05, 3.63) is 34.6 Å². The van der Waals surface area contributed by atoms with Gasteiger partial charge in [-0.25, -0.2) is 0 Å². The van der Waals surface area contributed by atoms with Gasteiger partial charge in [0.05, 0.1) is 10.9 Å². The molecule has 0 aliphatic carbocycles. The van der Waals surface area contributed by atoms with Gasteiger partial charge in [0, 0.05) is 6.54 Å². The van der Waals surface area contributed by atoms with Crippen LogP contribution in [0.4, 0.5) is 0 Å². The lowest BCUT2D eigenvalue weighted by Crippen LogP contribution is -2.23. The Balaban J connectivity index is 2.28. The Labute approximate surface area is 133 Å². The zero-order valence-corrected chi connectivity index (χ0v) is 13.8. The monoisotopic (exact) mass is 316 g/mol. The molecule has 0 N–H and O–H groups in total. The van der Waals surface area contributed by atoms with Crippen molar-refractivity contribution in [1.29, 1.82) is 0 Å². The first-order valence-electron chi connectivity index (χ1n) is 7.77. The van der Waals surface area contributed by atoms with Crippen molar-refractivity contribution < 1.29 is 0 Å². The number of rotatable bonds is 6. The number of fused-ring (bicyclic) bond motifs is 3. The standard InChI is InChI=1S/C16H20N4OS/c1-3-5-8-11-19-14(21)12-9-6-7-10-13(12)20-15(19)17-18-16(20)22-4-2/h6-7,9-10H,3-5,8,11H2,1-2H3. The predicted octanol–water partition coefficient (Wildman–Crippen LogP) is 3.35. The number of hydrogen-bond acceptors (Lipinski definition) is 4. The molecule has 0 bridgehead atoms. The zero-order valence-electron chi connectivity index (χ0n) is 13.0. The van der Waals surface area contributed by atoms with Crippen LogP contribution in [0.1, 0.15) is 33.1 Å². The van der Waals surface area contributed by atoms with Crippen molar-refractivity contribution in [2.75, 3.05) is 5.75 Å². The lowest BCUT2D eigenvalue weighted by Gasteiger charge is -2.10. The van der Waals surface area contributed by atoms with Gasteiger partial charge < -0.3 is 0 Å². The summed E-state index contributed by atoms with van der Waals surface area (Å²) in [7, 11) is 0. The highest BCUT2D eigenvalue weighted by molar-refractivity contribution is 7.99. The van der Waals surface area contributed by atoms with Gasteiger partial charge in [0.25, 0.3) is 5.56 Å². The van der Waals surface area contributed by atoms with Crippen LogP contribution in [0.2, 0.25) is 0 Å². The maximum absolute atomic E-state index is 12.8. The van der Waals surface area contributed by atoms with Gasteiger partial charge in [-0.2, -0.15) is 0 Å². The minimum atomic E-state index is 0.0275. The van der Waals surface area contributed by atoms with Crippen LogP contribution in [0.3, 0.4) is 0 Å². The summed E-state index contributed by atoms with van der Waals surface area (Å²) in [6.45, 7) is 4.94. The average molecular weight is 316 g/mol. The van der Waals surface area contributed by atoms with E-state index in [0.29, 0.717) is 12.3 Å². The molecule has 22 heavy (non-hydrogen) atoms. The second-order valence-corrected chi connectivity index (χ2v) is 6.46. The maximum atomic E-state index is 12.8. The number of para-hydroxylation sites is 1. The topological polar surface area (TPSA) is 52.2 Å². The molecule has 3 aromatic rings. The van der Waals surface area contributed by atoms with Crippen molar-refractivity contribution in [1.82, 2.24) is 19.2 Å². The van der Waals surface area contributed by atoms with Gasteiger partial charge in [0.2, 0.25) is 5.78 Å². The molecule has 0 aliphatic heterocycles. The number of unbranched alkanes of at least 4 members (excludes halogenated alkanes) is 2. The van der Waals surface area contributed by atoms with Gasteiger partial charge in [-0.05, 0) is 24.3 Å². The van der Waals surface area contributed by atoms with Crippen LogP contribution in [0, 0.1) is 0 Å². The normalized spacial score (nSPS) is 11.5. The molecule has 2 heterocycles. The molecule has 116 valence electrons. The van der Waals surface area contributed by atoms with E-state index in [0.717, 1.165) is 41.1 Å². The first-order chi connectivity index (χ1) is 10.8. The minimum Gasteiger partial charge on any atom is -0.276 e. The Morgan fingerprint density at radius 2 is 1.95 bits per heavy atom. The van der Waals surface area contributed by atoms with E-state index in [-0.39, 0.29) is 5.56 Å². The number of aryl methyl sites for hydroxylation is 1. The first-order valence-corrected chi connectivity index (χ1v) is 8.76. The van der Waals surface area contributed by atoms with Crippen molar-refractivity contribution in [2.45, 2.75) is 44.8 Å². The fourth-order valence-electron chi connectivity index (χ4n) is 2.68. The molecule has 0 atom stereocenters. The summed E-state index contributed by atoms with van der Waals surface area (Å²) in [5, 5.41) is 10.1. The van der Waals surface area contributed by atoms with Gasteiger partial charge in [0.15, 0.2) is 5.16 Å². The third kappa shape index (κ3) is 2.52. The molecule has 0 spiro atoms. The smallest absolute Gasteiger partial charge is 0.262 e. The molecule has 0 aliphatic rings. The average Bonchev–Trinajstić information content (AvgIpc) is 2.95. The number of benzene rings is 1. The van der Waals surface area contributed by atoms with Gasteiger partial charge in [-0.1, -0.05) is 50.6 Å². The number of nitrogens with zero attached hydrogens (tertiary/aromatic N) is 4. The van der Waals surface area contributed by atoms with Crippen LogP contribution in [-0.2, 0) is 6.54 Å². The summed E-state index contributed by atoms with van der Waals surface area (Å²) in [5.41, 5.74) is 0.912. The molecular formula is C16H20N4OS. The minimum absolute atomic E-state index is 0.0275. The largest absolute Gasteiger partial charge is 0.276 e. The molecule has 1 aromatic carbocycles. The molecule has 5 nitrogen and oxygen atoms in total. The summed E-state index contributed by atoms with van der Waals surface area (Å²) in [6.07, 6.45) is 3.21. The SMILES string of the molecule is CCCCCn1c(=O)c2ccccc2n2c(SCC)nnc12. The van der Waals surface area contributed by atoms with E-state index in [4.69, 9.17) is 0 Å². The summed E-state index contributed by atoms with van der Waals surface area (Å²) < 4.78 is 3.78. The summed E-state index contributed by atoms with van der Waals surface area (Å²) in [4.78, 5) is 12.8. The fourth-order valence-corrected chi connectivity index (χ4v) is 3.34. The highest BCUT2D eigenvalue weighted by atomic mass is 32.2. The van der Waals surface area contributed by atoms with E-state index >= 15 is 0 Å². The molecule has 0 fully saturated rings. The van der Waals surface area contributed by atoms with Crippen LogP contribution in [-0.4, -0.2) is 24.9 Å². The number of hydrogen-bond donors (Lipinski definition) is 0. The quantitative estimate of drug-likeness (QED) is 0.517. The molecule has 2 aromatic heterocycles. The molecule has 3 rings (SSSR count). The van der Waals surface area contributed by atoms with Crippen LogP contribution < -0.4 is 5.56 Å². The molecule has 0 radical (unpaired) electrons. The Morgan fingerprint density at radius 3 is 2.73 bits per heavy atom. The Hall–Kier alpha value is -1.82. The third-order valence-corrected chi connectivity index (χ3v) is 4.55. The summed E-state index contributed by atoms with van der Waals surface area (Å²) >= 11 is 1.64. The second kappa shape index (κ2) is 6.52. The Kier molecular flexibility index (Phi) is 4.47. The van der Waals surface area contributed by atoms with Crippen LogP contribution in [0.15, 0.2) is 34.2 Å².